The molecule has 1 nitrogen and oxygen atoms in total. The van der Waals surface area contributed by atoms with Crippen molar-refractivity contribution in [2.75, 3.05) is 0 Å². The van der Waals surface area contributed by atoms with Gasteiger partial charge in [0.05, 0.1) is 0 Å². The van der Waals surface area contributed by atoms with Crippen LogP contribution in [0.25, 0.3) is 0 Å². The van der Waals surface area contributed by atoms with Crippen molar-refractivity contribution in [3.05, 3.63) is 54.1 Å². The van der Waals surface area contributed by atoms with Crippen molar-refractivity contribution in [2.24, 2.45) is 0 Å². The van der Waals surface area contributed by atoms with Gasteiger partial charge in [-0.05, 0) is 35.3 Å². The molecule has 0 amide bonds. The summed E-state index contributed by atoms with van der Waals surface area (Å²) in [5.41, 5.74) is 1.47. The topological polar surface area (TPSA) is 9.23 Å². The molecule has 0 aliphatic heterocycles. The second-order valence-electron chi connectivity index (χ2n) is 5.13. The molecule has 1 heteroatoms. The van der Waals surface area contributed by atoms with Gasteiger partial charge in [0.2, 0.25) is 0 Å². The molecular formula is C15H18O. The summed E-state index contributed by atoms with van der Waals surface area (Å²) in [6, 6.07) is 8.33. The summed E-state index contributed by atoms with van der Waals surface area (Å²) in [6.07, 6.45) is 8.21. The van der Waals surface area contributed by atoms with E-state index in [0.29, 0.717) is 0 Å². The van der Waals surface area contributed by atoms with E-state index < -0.39 is 0 Å². The number of rotatable bonds is 2. The minimum absolute atomic E-state index is 0.0928. The molecule has 0 atom stereocenters. The van der Waals surface area contributed by atoms with Crippen LogP contribution in [0.4, 0.5) is 0 Å². The maximum Gasteiger partial charge on any atom is 0.136 e. The first-order valence-electron chi connectivity index (χ1n) is 5.68. The van der Waals surface area contributed by atoms with E-state index in [2.05, 4.69) is 39.0 Å². The van der Waals surface area contributed by atoms with Crippen LogP contribution in [-0.4, -0.2) is 6.10 Å². The Balaban J connectivity index is 2.16. The van der Waals surface area contributed by atoms with Crippen LogP contribution in [0, 0.1) is 0 Å². The van der Waals surface area contributed by atoms with E-state index in [1.54, 1.807) is 0 Å². The molecular weight excluding hydrogens is 196 g/mol. The number of hydrogen-bond acceptors (Lipinski definition) is 1. The van der Waals surface area contributed by atoms with Crippen LogP contribution in [0.1, 0.15) is 26.3 Å². The predicted molar refractivity (Wildman–Crippen MR) is 67.8 cm³/mol. The molecule has 0 radical (unpaired) electrons. The summed E-state index contributed by atoms with van der Waals surface area (Å²) in [7, 11) is 0. The summed E-state index contributed by atoms with van der Waals surface area (Å²) < 4.78 is 5.84. The van der Waals surface area contributed by atoms with Gasteiger partial charge in [-0.25, -0.2) is 0 Å². The van der Waals surface area contributed by atoms with E-state index in [-0.39, 0.29) is 11.5 Å². The molecule has 0 bridgehead atoms. The zero-order valence-electron chi connectivity index (χ0n) is 10.1. The fourth-order valence-electron chi connectivity index (χ4n) is 1.68. The molecule has 0 fully saturated rings. The lowest BCUT2D eigenvalue weighted by Crippen LogP contribution is -2.12. The molecule has 1 aliphatic rings. The van der Waals surface area contributed by atoms with Crippen molar-refractivity contribution in [2.45, 2.75) is 32.3 Å². The van der Waals surface area contributed by atoms with Gasteiger partial charge in [-0.3, -0.25) is 0 Å². The first kappa shape index (κ1) is 11.0. The SMILES string of the molecule is CC(C)(C)c1cccc(OC2C=CC=C2)c1. The Bertz CT molecular complexity index is 409. The van der Waals surface area contributed by atoms with Crippen LogP contribution in [0.15, 0.2) is 48.6 Å². The average Bonchev–Trinajstić information content (AvgIpc) is 2.70. The first-order chi connectivity index (χ1) is 7.55. The molecule has 0 saturated heterocycles. The zero-order chi connectivity index (χ0) is 11.6. The largest absolute Gasteiger partial charge is 0.482 e. The number of hydrogen-bond donors (Lipinski definition) is 0. The highest BCUT2D eigenvalue weighted by Crippen LogP contribution is 2.26. The van der Waals surface area contributed by atoms with Crippen LogP contribution in [0.3, 0.4) is 0 Å². The highest BCUT2D eigenvalue weighted by Gasteiger charge is 2.14. The summed E-state index contributed by atoms with van der Waals surface area (Å²) >= 11 is 0. The number of benzene rings is 1. The van der Waals surface area contributed by atoms with E-state index in [1.807, 2.05) is 30.4 Å². The molecule has 0 aromatic heterocycles. The summed E-state index contributed by atoms with van der Waals surface area (Å²) in [5.74, 6) is 0.939. The number of allylic oxidation sites excluding steroid dienone is 2. The molecule has 0 saturated carbocycles. The third-order valence-corrected chi connectivity index (χ3v) is 2.68. The molecule has 16 heavy (non-hydrogen) atoms. The second kappa shape index (κ2) is 4.17. The quantitative estimate of drug-likeness (QED) is 0.726. The first-order valence-corrected chi connectivity index (χ1v) is 5.68. The highest BCUT2D eigenvalue weighted by atomic mass is 16.5. The summed E-state index contributed by atoms with van der Waals surface area (Å²) in [6.45, 7) is 6.63. The van der Waals surface area contributed by atoms with Crippen molar-refractivity contribution < 1.29 is 4.74 Å². The van der Waals surface area contributed by atoms with Crippen molar-refractivity contribution in [3.63, 3.8) is 0 Å². The lowest BCUT2D eigenvalue weighted by molar-refractivity contribution is 0.298. The Morgan fingerprint density at radius 2 is 1.75 bits per heavy atom. The molecule has 1 aliphatic carbocycles. The van der Waals surface area contributed by atoms with Crippen molar-refractivity contribution in [3.8, 4) is 5.75 Å². The zero-order valence-corrected chi connectivity index (χ0v) is 10.1. The molecule has 0 N–H and O–H groups in total. The van der Waals surface area contributed by atoms with E-state index in [4.69, 9.17) is 4.74 Å². The molecule has 1 aromatic rings. The van der Waals surface area contributed by atoms with Gasteiger partial charge in [0, 0.05) is 0 Å². The molecule has 84 valence electrons. The smallest absolute Gasteiger partial charge is 0.136 e. The summed E-state index contributed by atoms with van der Waals surface area (Å²) in [5, 5.41) is 0. The van der Waals surface area contributed by atoms with Crippen LogP contribution >= 0.6 is 0 Å². The monoisotopic (exact) mass is 214 g/mol. The van der Waals surface area contributed by atoms with Crippen LogP contribution in [0.2, 0.25) is 0 Å². The van der Waals surface area contributed by atoms with Crippen LogP contribution in [-0.2, 0) is 5.41 Å². The molecule has 0 heterocycles. The highest BCUT2D eigenvalue weighted by molar-refractivity contribution is 5.34. The molecule has 1 aromatic carbocycles. The van der Waals surface area contributed by atoms with E-state index in [9.17, 15) is 0 Å². The third-order valence-electron chi connectivity index (χ3n) is 2.68. The van der Waals surface area contributed by atoms with Gasteiger partial charge in [0.15, 0.2) is 0 Å². The van der Waals surface area contributed by atoms with Gasteiger partial charge >= 0.3 is 0 Å². The van der Waals surface area contributed by atoms with Gasteiger partial charge in [0.1, 0.15) is 11.9 Å². The van der Waals surface area contributed by atoms with Gasteiger partial charge in [-0.15, -0.1) is 0 Å². The number of ether oxygens (including phenoxy) is 1. The normalized spacial score (nSPS) is 15.7. The van der Waals surface area contributed by atoms with Crippen molar-refractivity contribution in [1.82, 2.24) is 0 Å². The van der Waals surface area contributed by atoms with Crippen LogP contribution < -0.4 is 4.74 Å². The Morgan fingerprint density at radius 3 is 2.38 bits per heavy atom. The van der Waals surface area contributed by atoms with Crippen LogP contribution in [0.5, 0.6) is 5.75 Å². The Hall–Kier alpha value is -1.50. The van der Waals surface area contributed by atoms with E-state index >= 15 is 0 Å². The van der Waals surface area contributed by atoms with Crippen molar-refractivity contribution in [1.29, 1.82) is 0 Å². The Kier molecular flexibility index (Phi) is 2.86. The third kappa shape index (κ3) is 2.54. The minimum atomic E-state index is 0.0928. The van der Waals surface area contributed by atoms with Gasteiger partial charge in [-0.2, -0.15) is 0 Å². The average molecular weight is 214 g/mol. The van der Waals surface area contributed by atoms with Gasteiger partial charge in [-0.1, -0.05) is 45.1 Å². The molecule has 2 rings (SSSR count). The predicted octanol–water partition coefficient (Wildman–Crippen LogP) is 3.86. The van der Waals surface area contributed by atoms with Gasteiger partial charge < -0.3 is 4.74 Å². The standard InChI is InChI=1S/C15H18O/c1-15(2,3)12-7-6-10-14(11-12)16-13-8-4-5-9-13/h4-11,13H,1-3H3. The fraction of sp³-hybridized carbons (Fsp3) is 0.333. The molecule has 0 spiro atoms. The lowest BCUT2D eigenvalue weighted by Gasteiger charge is -2.20. The minimum Gasteiger partial charge on any atom is -0.482 e. The lowest BCUT2D eigenvalue weighted by atomic mass is 9.87. The second-order valence-corrected chi connectivity index (χ2v) is 5.13. The maximum atomic E-state index is 5.84. The summed E-state index contributed by atoms with van der Waals surface area (Å²) in [4.78, 5) is 0. The Labute approximate surface area is 97.4 Å². The maximum absolute atomic E-state index is 5.84. The Morgan fingerprint density at radius 1 is 1.06 bits per heavy atom. The van der Waals surface area contributed by atoms with E-state index in [0.717, 1.165) is 5.75 Å². The van der Waals surface area contributed by atoms with E-state index in [1.165, 1.54) is 5.56 Å². The fourth-order valence-corrected chi connectivity index (χ4v) is 1.68. The van der Waals surface area contributed by atoms with Crippen molar-refractivity contribution >= 4 is 0 Å². The van der Waals surface area contributed by atoms with Gasteiger partial charge in [0.25, 0.3) is 0 Å². The molecule has 0 unspecified atom stereocenters.